The molecule has 7 heteroatoms. The standard InChI is InChI=1S/C13H13F7/c1-8(2)6-9-4-3-5-10(7-9)11(14,15)12(16,17)13(18,19)20/h3-5,7-8H,6H2,1-2H3. The molecule has 0 heterocycles. The van der Waals surface area contributed by atoms with E-state index in [1.165, 1.54) is 6.07 Å². The van der Waals surface area contributed by atoms with Gasteiger partial charge in [-0.3, -0.25) is 0 Å². The quantitative estimate of drug-likeness (QED) is 0.673. The van der Waals surface area contributed by atoms with E-state index in [0.717, 1.165) is 6.07 Å². The first-order chi connectivity index (χ1) is 8.89. The number of halogens is 7. The van der Waals surface area contributed by atoms with Gasteiger partial charge in [0.05, 0.1) is 0 Å². The molecule has 0 amide bonds. The van der Waals surface area contributed by atoms with Crippen LogP contribution in [0.1, 0.15) is 25.0 Å². The fourth-order valence-corrected chi connectivity index (χ4v) is 1.72. The number of benzene rings is 1. The van der Waals surface area contributed by atoms with Gasteiger partial charge in [0.1, 0.15) is 0 Å². The summed E-state index contributed by atoms with van der Waals surface area (Å²) in [5.74, 6) is -11.4. The van der Waals surface area contributed by atoms with Gasteiger partial charge in [0.25, 0.3) is 0 Å². The van der Waals surface area contributed by atoms with Crippen LogP contribution >= 0.6 is 0 Å². The summed E-state index contributed by atoms with van der Waals surface area (Å²) in [6.45, 7) is 3.55. The van der Waals surface area contributed by atoms with Gasteiger partial charge in [-0.1, -0.05) is 32.0 Å². The van der Waals surface area contributed by atoms with Crippen molar-refractivity contribution in [2.75, 3.05) is 0 Å². The molecular weight excluding hydrogens is 289 g/mol. The Labute approximate surface area is 111 Å². The van der Waals surface area contributed by atoms with Gasteiger partial charge >= 0.3 is 18.0 Å². The highest BCUT2D eigenvalue weighted by atomic mass is 19.4. The van der Waals surface area contributed by atoms with Gasteiger partial charge in [-0.25, -0.2) is 0 Å². The second kappa shape index (κ2) is 5.26. The van der Waals surface area contributed by atoms with E-state index in [9.17, 15) is 30.7 Å². The summed E-state index contributed by atoms with van der Waals surface area (Å²) in [5.41, 5.74) is -1.05. The molecule has 0 saturated carbocycles. The van der Waals surface area contributed by atoms with Gasteiger partial charge in [-0.2, -0.15) is 30.7 Å². The molecule has 0 fully saturated rings. The monoisotopic (exact) mass is 302 g/mol. The van der Waals surface area contributed by atoms with Crippen LogP contribution in [-0.4, -0.2) is 12.1 Å². The molecular formula is C13H13F7. The Kier molecular flexibility index (Phi) is 4.41. The van der Waals surface area contributed by atoms with Crippen LogP contribution in [0.2, 0.25) is 0 Å². The third-order valence-corrected chi connectivity index (χ3v) is 2.68. The Morgan fingerprint density at radius 2 is 1.50 bits per heavy atom. The molecule has 0 unspecified atom stereocenters. The molecule has 114 valence electrons. The molecule has 1 rings (SSSR count). The average molecular weight is 302 g/mol. The molecule has 0 nitrogen and oxygen atoms in total. The smallest absolute Gasteiger partial charge is 0.194 e. The van der Waals surface area contributed by atoms with Crippen molar-refractivity contribution in [1.82, 2.24) is 0 Å². The molecule has 0 aliphatic heterocycles. The lowest BCUT2D eigenvalue weighted by atomic mass is 9.96. The van der Waals surface area contributed by atoms with Crippen molar-refractivity contribution in [1.29, 1.82) is 0 Å². The van der Waals surface area contributed by atoms with Crippen LogP contribution in [-0.2, 0) is 12.3 Å². The topological polar surface area (TPSA) is 0 Å². The Balaban J connectivity index is 3.22. The molecule has 0 saturated heterocycles. The average Bonchev–Trinajstić information content (AvgIpc) is 2.26. The fraction of sp³-hybridized carbons (Fsp3) is 0.538. The molecule has 1 aromatic carbocycles. The highest BCUT2D eigenvalue weighted by Gasteiger charge is 2.73. The van der Waals surface area contributed by atoms with Gasteiger partial charge in [0.2, 0.25) is 0 Å². The SMILES string of the molecule is CC(C)Cc1cccc(C(F)(F)C(F)(F)C(F)(F)F)c1. The summed E-state index contributed by atoms with van der Waals surface area (Å²) >= 11 is 0. The normalized spacial score (nSPS) is 13.9. The van der Waals surface area contributed by atoms with Crippen LogP contribution in [0.5, 0.6) is 0 Å². The van der Waals surface area contributed by atoms with E-state index in [0.29, 0.717) is 18.6 Å². The van der Waals surface area contributed by atoms with Crippen molar-refractivity contribution >= 4 is 0 Å². The Hall–Kier alpha value is -1.27. The summed E-state index contributed by atoms with van der Waals surface area (Å²) < 4.78 is 89.1. The first-order valence-electron chi connectivity index (χ1n) is 5.81. The minimum absolute atomic E-state index is 0.0574. The zero-order valence-electron chi connectivity index (χ0n) is 10.7. The first kappa shape index (κ1) is 16.8. The second-order valence-electron chi connectivity index (χ2n) is 4.94. The van der Waals surface area contributed by atoms with E-state index >= 15 is 0 Å². The minimum atomic E-state index is -6.31. The maximum Gasteiger partial charge on any atom is 0.460 e. The first-order valence-corrected chi connectivity index (χ1v) is 5.81. The number of rotatable bonds is 4. The fourth-order valence-electron chi connectivity index (χ4n) is 1.72. The van der Waals surface area contributed by atoms with Crippen molar-refractivity contribution in [2.45, 2.75) is 38.3 Å². The van der Waals surface area contributed by atoms with E-state index in [2.05, 4.69) is 0 Å². The largest absolute Gasteiger partial charge is 0.460 e. The zero-order valence-corrected chi connectivity index (χ0v) is 10.7. The molecule has 0 aliphatic rings. The number of hydrogen-bond donors (Lipinski definition) is 0. The lowest BCUT2D eigenvalue weighted by molar-refractivity contribution is -0.359. The Bertz CT molecular complexity index is 460. The molecule has 0 atom stereocenters. The van der Waals surface area contributed by atoms with Crippen LogP contribution in [0.3, 0.4) is 0 Å². The number of alkyl halides is 7. The van der Waals surface area contributed by atoms with Gasteiger partial charge in [-0.05, 0) is 24.0 Å². The van der Waals surface area contributed by atoms with E-state index in [-0.39, 0.29) is 11.5 Å². The molecule has 0 radical (unpaired) electrons. The van der Waals surface area contributed by atoms with Crippen molar-refractivity contribution in [2.24, 2.45) is 5.92 Å². The van der Waals surface area contributed by atoms with E-state index in [1.807, 2.05) is 0 Å². The third-order valence-electron chi connectivity index (χ3n) is 2.68. The Morgan fingerprint density at radius 3 is 1.95 bits per heavy atom. The van der Waals surface area contributed by atoms with Crippen LogP contribution in [0.4, 0.5) is 30.7 Å². The van der Waals surface area contributed by atoms with Crippen LogP contribution in [0.25, 0.3) is 0 Å². The van der Waals surface area contributed by atoms with Gasteiger partial charge in [0.15, 0.2) is 0 Å². The summed E-state index contributed by atoms with van der Waals surface area (Å²) in [5, 5.41) is 0. The summed E-state index contributed by atoms with van der Waals surface area (Å²) in [7, 11) is 0. The molecule has 20 heavy (non-hydrogen) atoms. The molecule has 0 aromatic heterocycles. The van der Waals surface area contributed by atoms with Crippen molar-refractivity contribution in [3.8, 4) is 0 Å². The lowest BCUT2D eigenvalue weighted by Gasteiger charge is -2.28. The molecule has 0 N–H and O–H groups in total. The van der Waals surface area contributed by atoms with Crippen molar-refractivity contribution in [3.05, 3.63) is 35.4 Å². The van der Waals surface area contributed by atoms with Crippen LogP contribution < -0.4 is 0 Å². The highest BCUT2D eigenvalue weighted by molar-refractivity contribution is 5.29. The number of hydrogen-bond acceptors (Lipinski definition) is 0. The maximum absolute atomic E-state index is 13.5. The van der Waals surface area contributed by atoms with Gasteiger partial charge < -0.3 is 0 Å². The predicted octanol–water partition coefficient (Wildman–Crippen LogP) is 5.17. The Morgan fingerprint density at radius 1 is 0.950 bits per heavy atom. The minimum Gasteiger partial charge on any atom is -0.194 e. The molecule has 0 spiro atoms. The van der Waals surface area contributed by atoms with Gasteiger partial charge in [-0.15, -0.1) is 0 Å². The maximum atomic E-state index is 13.5. The van der Waals surface area contributed by atoms with E-state index in [4.69, 9.17) is 0 Å². The van der Waals surface area contributed by atoms with Crippen LogP contribution in [0, 0.1) is 5.92 Å². The third kappa shape index (κ3) is 3.07. The van der Waals surface area contributed by atoms with E-state index in [1.54, 1.807) is 13.8 Å². The van der Waals surface area contributed by atoms with Crippen LogP contribution in [0.15, 0.2) is 24.3 Å². The zero-order chi connectivity index (χ0) is 15.8. The molecule has 1 aromatic rings. The lowest BCUT2D eigenvalue weighted by Crippen LogP contribution is -2.50. The van der Waals surface area contributed by atoms with Crippen molar-refractivity contribution in [3.63, 3.8) is 0 Å². The summed E-state index contributed by atoms with van der Waals surface area (Å²) in [6, 6.07) is 3.72. The van der Waals surface area contributed by atoms with Crippen molar-refractivity contribution < 1.29 is 30.7 Å². The molecule has 0 aliphatic carbocycles. The second-order valence-corrected chi connectivity index (χ2v) is 4.94. The summed E-state index contributed by atoms with van der Waals surface area (Å²) in [6.07, 6.45) is -6.01. The van der Waals surface area contributed by atoms with Gasteiger partial charge in [0, 0.05) is 5.56 Å². The molecule has 0 bridgehead atoms. The summed E-state index contributed by atoms with van der Waals surface area (Å²) in [4.78, 5) is 0. The predicted molar refractivity (Wildman–Crippen MR) is 59.9 cm³/mol. The highest BCUT2D eigenvalue weighted by Crippen LogP contribution is 2.51. The van der Waals surface area contributed by atoms with E-state index < -0.39 is 23.6 Å².